The molecule has 1 N–H and O–H groups in total. The Kier molecular flexibility index (Phi) is 3.44. The molecule has 0 bridgehead atoms. The largest absolute Gasteiger partial charge is 0.408 e. The highest BCUT2D eigenvalue weighted by atomic mass is 19.4. The van der Waals surface area contributed by atoms with Crippen molar-refractivity contribution in [1.82, 2.24) is 19.7 Å². The fourth-order valence-electron chi connectivity index (χ4n) is 2.05. The van der Waals surface area contributed by atoms with Crippen molar-refractivity contribution >= 4 is 22.5 Å². The number of anilines is 2. The van der Waals surface area contributed by atoms with Gasteiger partial charge in [0.1, 0.15) is 18.7 Å². The fourth-order valence-corrected chi connectivity index (χ4v) is 2.05. The third-order valence-corrected chi connectivity index (χ3v) is 3.08. The van der Waals surface area contributed by atoms with Crippen molar-refractivity contribution in [3.05, 3.63) is 42.4 Å². The lowest BCUT2D eigenvalue weighted by Crippen LogP contribution is -2.18. The van der Waals surface area contributed by atoms with Gasteiger partial charge in [-0.25, -0.2) is 14.6 Å². The number of nitrogens with zero attached hydrogens (tertiary/aromatic N) is 4. The Morgan fingerprint density at radius 1 is 1.14 bits per heavy atom. The van der Waals surface area contributed by atoms with Crippen LogP contribution in [-0.2, 0) is 6.54 Å². The molecular weight excluding hydrogens is 295 g/mol. The lowest BCUT2D eigenvalue weighted by molar-refractivity contribution is -0.141. The number of fused-ring (bicyclic) bond motifs is 1. The van der Waals surface area contributed by atoms with E-state index < -0.39 is 12.7 Å². The van der Waals surface area contributed by atoms with E-state index in [1.165, 1.54) is 12.5 Å². The molecule has 1 aromatic carbocycles. The van der Waals surface area contributed by atoms with Gasteiger partial charge < -0.3 is 5.32 Å². The summed E-state index contributed by atoms with van der Waals surface area (Å²) in [5.41, 5.74) is 2.03. The second-order valence-corrected chi connectivity index (χ2v) is 4.87. The van der Waals surface area contributed by atoms with Crippen LogP contribution in [0, 0.1) is 6.92 Å². The molecule has 0 saturated heterocycles. The molecule has 0 fully saturated rings. The molecule has 0 radical (unpaired) electrons. The van der Waals surface area contributed by atoms with Crippen molar-refractivity contribution in [2.75, 3.05) is 5.32 Å². The SMILES string of the molecule is Cc1ccc(Nc2ncnc3c2cnn3CC(F)(F)F)cc1. The molecule has 114 valence electrons. The summed E-state index contributed by atoms with van der Waals surface area (Å²) >= 11 is 0. The van der Waals surface area contributed by atoms with Crippen LogP contribution in [0.1, 0.15) is 5.56 Å². The van der Waals surface area contributed by atoms with Gasteiger partial charge in [-0.15, -0.1) is 0 Å². The molecule has 2 aromatic heterocycles. The Bertz CT molecular complexity index is 792. The van der Waals surface area contributed by atoms with Crippen LogP contribution in [-0.4, -0.2) is 25.9 Å². The number of aryl methyl sites for hydroxylation is 1. The molecule has 8 heteroatoms. The summed E-state index contributed by atoms with van der Waals surface area (Å²) in [6.07, 6.45) is -1.81. The average Bonchev–Trinajstić information content (AvgIpc) is 2.84. The lowest BCUT2D eigenvalue weighted by atomic mass is 10.2. The Morgan fingerprint density at radius 3 is 2.55 bits per heavy atom. The first-order valence-electron chi connectivity index (χ1n) is 6.49. The van der Waals surface area contributed by atoms with E-state index in [-0.39, 0.29) is 5.65 Å². The summed E-state index contributed by atoms with van der Waals surface area (Å²) in [7, 11) is 0. The first-order chi connectivity index (χ1) is 10.4. The molecule has 0 saturated carbocycles. The van der Waals surface area contributed by atoms with E-state index in [0.29, 0.717) is 11.2 Å². The minimum absolute atomic E-state index is 0.141. The summed E-state index contributed by atoms with van der Waals surface area (Å²) < 4.78 is 38.4. The van der Waals surface area contributed by atoms with Gasteiger partial charge in [0.2, 0.25) is 0 Å². The fraction of sp³-hybridized carbons (Fsp3) is 0.214. The Hall–Kier alpha value is -2.64. The zero-order valence-electron chi connectivity index (χ0n) is 11.6. The van der Waals surface area contributed by atoms with Crippen LogP contribution in [0.3, 0.4) is 0 Å². The van der Waals surface area contributed by atoms with Gasteiger partial charge in [0.15, 0.2) is 5.65 Å². The molecule has 3 rings (SSSR count). The van der Waals surface area contributed by atoms with Crippen molar-refractivity contribution in [2.45, 2.75) is 19.6 Å². The standard InChI is InChI=1S/C14H12F3N5/c1-9-2-4-10(5-3-9)21-12-11-6-20-22(7-14(15,16)17)13(11)19-8-18-12/h2-6,8H,7H2,1H3,(H,18,19,21). The number of benzene rings is 1. The van der Waals surface area contributed by atoms with E-state index in [4.69, 9.17) is 0 Å². The highest BCUT2D eigenvalue weighted by molar-refractivity contribution is 5.88. The molecule has 0 amide bonds. The van der Waals surface area contributed by atoms with Crippen molar-refractivity contribution in [3.8, 4) is 0 Å². The van der Waals surface area contributed by atoms with E-state index in [1.807, 2.05) is 31.2 Å². The summed E-state index contributed by atoms with van der Waals surface area (Å²) in [5.74, 6) is 0.419. The number of alkyl halides is 3. The summed E-state index contributed by atoms with van der Waals surface area (Å²) in [6, 6.07) is 7.58. The number of aromatic nitrogens is 4. The van der Waals surface area contributed by atoms with Crippen molar-refractivity contribution < 1.29 is 13.2 Å². The Balaban J connectivity index is 1.95. The predicted octanol–water partition coefficient (Wildman–Crippen LogP) is 3.44. The summed E-state index contributed by atoms with van der Waals surface area (Å²) in [5, 5.41) is 7.25. The Labute approximate surface area is 123 Å². The van der Waals surface area contributed by atoms with Crippen LogP contribution >= 0.6 is 0 Å². The van der Waals surface area contributed by atoms with Crippen LogP contribution in [0.4, 0.5) is 24.7 Å². The van der Waals surface area contributed by atoms with Gasteiger partial charge in [-0.2, -0.15) is 18.3 Å². The molecule has 5 nitrogen and oxygen atoms in total. The van der Waals surface area contributed by atoms with E-state index in [9.17, 15) is 13.2 Å². The van der Waals surface area contributed by atoms with Gasteiger partial charge in [0.25, 0.3) is 0 Å². The molecule has 0 unspecified atom stereocenters. The molecule has 0 spiro atoms. The van der Waals surface area contributed by atoms with Crippen LogP contribution in [0.2, 0.25) is 0 Å². The topological polar surface area (TPSA) is 55.6 Å². The van der Waals surface area contributed by atoms with Crippen LogP contribution in [0.15, 0.2) is 36.8 Å². The van der Waals surface area contributed by atoms with Gasteiger partial charge in [0.05, 0.1) is 11.6 Å². The zero-order chi connectivity index (χ0) is 15.7. The second kappa shape index (κ2) is 5.28. The number of halogens is 3. The number of hydrogen-bond acceptors (Lipinski definition) is 4. The molecular formula is C14H12F3N5. The van der Waals surface area contributed by atoms with Gasteiger partial charge in [0, 0.05) is 5.69 Å². The van der Waals surface area contributed by atoms with Crippen molar-refractivity contribution in [1.29, 1.82) is 0 Å². The molecule has 3 aromatic rings. The van der Waals surface area contributed by atoms with Crippen molar-refractivity contribution in [2.24, 2.45) is 0 Å². The maximum Gasteiger partial charge on any atom is 0.408 e. The highest BCUT2D eigenvalue weighted by Crippen LogP contribution is 2.25. The van der Waals surface area contributed by atoms with Crippen LogP contribution in [0.25, 0.3) is 11.0 Å². The van der Waals surface area contributed by atoms with Gasteiger partial charge in [-0.05, 0) is 19.1 Å². The molecule has 0 atom stereocenters. The van der Waals surface area contributed by atoms with Crippen LogP contribution in [0.5, 0.6) is 0 Å². The maximum atomic E-state index is 12.5. The normalized spacial score (nSPS) is 11.8. The predicted molar refractivity (Wildman–Crippen MR) is 75.8 cm³/mol. The molecule has 2 heterocycles. The van der Waals surface area contributed by atoms with Crippen molar-refractivity contribution in [3.63, 3.8) is 0 Å². The first-order valence-corrected chi connectivity index (χ1v) is 6.49. The minimum atomic E-state index is -4.35. The van der Waals surface area contributed by atoms with E-state index >= 15 is 0 Å². The summed E-state index contributed by atoms with van der Waals surface area (Å²) in [6.45, 7) is 0.783. The lowest BCUT2D eigenvalue weighted by Gasteiger charge is -2.08. The molecule has 0 aliphatic carbocycles. The quantitative estimate of drug-likeness (QED) is 0.805. The second-order valence-electron chi connectivity index (χ2n) is 4.87. The highest BCUT2D eigenvalue weighted by Gasteiger charge is 2.29. The molecule has 22 heavy (non-hydrogen) atoms. The monoisotopic (exact) mass is 307 g/mol. The number of nitrogens with one attached hydrogen (secondary N) is 1. The third kappa shape index (κ3) is 3.00. The van der Waals surface area contributed by atoms with E-state index in [2.05, 4.69) is 20.4 Å². The minimum Gasteiger partial charge on any atom is -0.340 e. The Morgan fingerprint density at radius 2 is 1.86 bits per heavy atom. The van der Waals surface area contributed by atoms with Gasteiger partial charge in [-0.1, -0.05) is 17.7 Å². The maximum absolute atomic E-state index is 12.5. The van der Waals surface area contributed by atoms with E-state index in [0.717, 1.165) is 15.9 Å². The molecule has 0 aliphatic heterocycles. The van der Waals surface area contributed by atoms with Gasteiger partial charge in [-0.3, -0.25) is 0 Å². The summed E-state index contributed by atoms with van der Waals surface area (Å²) in [4.78, 5) is 7.97. The zero-order valence-corrected chi connectivity index (χ0v) is 11.6. The average molecular weight is 307 g/mol. The van der Waals surface area contributed by atoms with E-state index in [1.54, 1.807) is 0 Å². The van der Waals surface area contributed by atoms with Crippen LogP contribution < -0.4 is 5.32 Å². The first kappa shape index (κ1) is 14.3. The smallest absolute Gasteiger partial charge is 0.340 e. The number of rotatable bonds is 3. The molecule has 0 aliphatic rings. The third-order valence-electron chi connectivity index (χ3n) is 3.08. The van der Waals surface area contributed by atoms with Gasteiger partial charge >= 0.3 is 6.18 Å². The number of hydrogen-bond donors (Lipinski definition) is 1.